The molecular formula is C24H27N3O3. The molecule has 1 atom stereocenters. The van der Waals surface area contributed by atoms with Crippen LogP contribution in [-0.4, -0.2) is 34.1 Å². The van der Waals surface area contributed by atoms with Crippen LogP contribution in [0.4, 0.5) is 0 Å². The van der Waals surface area contributed by atoms with Crippen LogP contribution in [0.1, 0.15) is 42.3 Å². The van der Waals surface area contributed by atoms with Crippen molar-refractivity contribution in [3.05, 3.63) is 65.0 Å². The topological polar surface area (TPSA) is 68.5 Å². The van der Waals surface area contributed by atoms with Crippen LogP contribution in [0.3, 0.4) is 0 Å². The van der Waals surface area contributed by atoms with Gasteiger partial charge in [-0.05, 0) is 68.9 Å². The Kier molecular flexibility index (Phi) is 5.84. The zero-order valence-electron chi connectivity index (χ0n) is 17.7. The maximum atomic E-state index is 12.8. The van der Waals surface area contributed by atoms with E-state index in [-0.39, 0.29) is 12.5 Å². The minimum atomic E-state index is -0.601. The highest BCUT2D eigenvalue weighted by molar-refractivity contribution is 5.80. The van der Waals surface area contributed by atoms with E-state index >= 15 is 0 Å². The number of aryl methyl sites for hydroxylation is 3. The van der Waals surface area contributed by atoms with Gasteiger partial charge in [0.25, 0.3) is 5.91 Å². The fourth-order valence-electron chi connectivity index (χ4n) is 3.85. The second-order valence-electron chi connectivity index (χ2n) is 7.97. The van der Waals surface area contributed by atoms with Crippen molar-refractivity contribution in [3.63, 3.8) is 0 Å². The van der Waals surface area contributed by atoms with Gasteiger partial charge in [-0.3, -0.25) is 4.79 Å². The molecule has 0 saturated carbocycles. The number of benzene rings is 2. The zero-order valence-corrected chi connectivity index (χ0v) is 17.7. The van der Waals surface area contributed by atoms with Gasteiger partial charge in [-0.25, -0.2) is 0 Å². The zero-order chi connectivity index (χ0) is 21.1. The van der Waals surface area contributed by atoms with Crippen LogP contribution in [0, 0.1) is 6.92 Å². The third-order valence-electron chi connectivity index (χ3n) is 5.47. The molecule has 0 bridgehead atoms. The van der Waals surface area contributed by atoms with E-state index in [1.54, 1.807) is 18.9 Å². The van der Waals surface area contributed by atoms with Crippen LogP contribution < -0.4 is 4.74 Å². The molecule has 6 heteroatoms. The summed E-state index contributed by atoms with van der Waals surface area (Å²) in [7, 11) is 1.71. The van der Waals surface area contributed by atoms with Crippen molar-refractivity contribution < 1.29 is 14.1 Å². The van der Waals surface area contributed by atoms with E-state index in [0.717, 1.165) is 29.7 Å². The predicted octanol–water partition coefficient (Wildman–Crippen LogP) is 4.35. The Morgan fingerprint density at radius 3 is 2.77 bits per heavy atom. The van der Waals surface area contributed by atoms with Crippen molar-refractivity contribution in [1.29, 1.82) is 0 Å². The van der Waals surface area contributed by atoms with Crippen molar-refractivity contribution >= 4 is 5.91 Å². The molecule has 1 heterocycles. The number of likely N-dealkylation sites (N-methyl/N-ethyl adjacent to an activating group) is 1. The molecule has 0 N–H and O–H groups in total. The van der Waals surface area contributed by atoms with E-state index in [1.807, 2.05) is 37.3 Å². The standard InChI is InChI=1S/C24H27N3O3/c1-16-7-6-10-20(13-16)23-25-22(30-26-23)15-27(3)24(28)17(2)29-21-12-11-18-8-4-5-9-19(18)14-21/h6-7,10-14,17H,4-5,8-9,15H2,1-3H3/t17-/m1/s1. The summed E-state index contributed by atoms with van der Waals surface area (Å²) in [6.07, 6.45) is 4.06. The maximum absolute atomic E-state index is 12.8. The molecule has 1 aliphatic carbocycles. The molecule has 0 unspecified atom stereocenters. The van der Waals surface area contributed by atoms with Gasteiger partial charge in [0.1, 0.15) is 5.75 Å². The first kappa shape index (κ1) is 20.1. The average Bonchev–Trinajstić information content (AvgIpc) is 3.21. The molecule has 2 aromatic carbocycles. The fraction of sp³-hybridized carbons (Fsp3) is 0.375. The lowest BCUT2D eigenvalue weighted by atomic mass is 9.92. The number of amides is 1. The number of nitrogens with zero attached hydrogens (tertiary/aromatic N) is 3. The smallest absolute Gasteiger partial charge is 0.263 e. The molecule has 0 spiro atoms. The lowest BCUT2D eigenvalue weighted by molar-refractivity contribution is -0.137. The quantitative estimate of drug-likeness (QED) is 0.610. The first-order valence-electron chi connectivity index (χ1n) is 10.4. The molecule has 3 aromatic rings. The molecule has 30 heavy (non-hydrogen) atoms. The summed E-state index contributed by atoms with van der Waals surface area (Å²) < 4.78 is 11.3. The largest absolute Gasteiger partial charge is 0.481 e. The molecule has 0 aliphatic heterocycles. The molecule has 0 radical (unpaired) electrons. The van der Waals surface area contributed by atoms with Gasteiger partial charge in [0, 0.05) is 12.6 Å². The predicted molar refractivity (Wildman–Crippen MR) is 114 cm³/mol. The first-order chi connectivity index (χ1) is 14.5. The van der Waals surface area contributed by atoms with E-state index in [9.17, 15) is 4.79 Å². The van der Waals surface area contributed by atoms with Gasteiger partial charge in [-0.15, -0.1) is 0 Å². The third kappa shape index (κ3) is 4.53. The van der Waals surface area contributed by atoms with Gasteiger partial charge in [-0.1, -0.05) is 35.0 Å². The van der Waals surface area contributed by atoms with Gasteiger partial charge >= 0.3 is 0 Å². The van der Waals surface area contributed by atoms with E-state index < -0.39 is 6.10 Å². The molecule has 0 saturated heterocycles. The highest BCUT2D eigenvalue weighted by atomic mass is 16.5. The number of aromatic nitrogens is 2. The van der Waals surface area contributed by atoms with E-state index in [4.69, 9.17) is 9.26 Å². The van der Waals surface area contributed by atoms with Gasteiger partial charge in [0.2, 0.25) is 11.7 Å². The highest BCUT2D eigenvalue weighted by Crippen LogP contribution is 2.26. The van der Waals surface area contributed by atoms with E-state index in [0.29, 0.717) is 11.7 Å². The Bertz CT molecular complexity index is 1040. The van der Waals surface area contributed by atoms with Crippen molar-refractivity contribution in [2.24, 2.45) is 0 Å². The van der Waals surface area contributed by atoms with Crippen LogP contribution in [0.2, 0.25) is 0 Å². The molecule has 156 valence electrons. The van der Waals surface area contributed by atoms with Crippen molar-refractivity contribution in [1.82, 2.24) is 15.0 Å². The number of hydrogen-bond donors (Lipinski definition) is 0. The Balaban J connectivity index is 1.37. The van der Waals surface area contributed by atoms with Gasteiger partial charge in [-0.2, -0.15) is 4.98 Å². The minimum absolute atomic E-state index is 0.136. The molecule has 1 amide bonds. The number of rotatable bonds is 6. The third-order valence-corrected chi connectivity index (χ3v) is 5.47. The van der Waals surface area contributed by atoms with Crippen molar-refractivity contribution in [2.45, 2.75) is 52.2 Å². The molecular weight excluding hydrogens is 378 g/mol. The van der Waals surface area contributed by atoms with E-state index in [2.05, 4.69) is 22.3 Å². The summed E-state index contributed by atoms with van der Waals surface area (Å²) in [4.78, 5) is 18.7. The highest BCUT2D eigenvalue weighted by Gasteiger charge is 2.22. The van der Waals surface area contributed by atoms with Crippen LogP contribution >= 0.6 is 0 Å². The van der Waals surface area contributed by atoms with Crippen LogP contribution in [0.5, 0.6) is 5.75 Å². The monoisotopic (exact) mass is 405 g/mol. The normalized spacial score (nSPS) is 14.1. The fourth-order valence-corrected chi connectivity index (χ4v) is 3.85. The minimum Gasteiger partial charge on any atom is -0.481 e. The Labute approximate surface area is 176 Å². The lowest BCUT2D eigenvalue weighted by Crippen LogP contribution is -2.37. The number of fused-ring (bicyclic) bond motifs is 1. The number of ether oxygens (including phenoxy) is 1. The van der Waals surface area contributed by atoms with Gasteiger partial charge in [0.05, 0.1) is 6.54 Å². The van der Waals surface area contributed by atoms with Crippen LogP contribution in [0.15, 0.2) is 47.0 Å². The Hall–Kier alpha value is -3.15. The summed E-state index contributed by atoms with van der Waals surface area (Å²) in [6, 6.07) is 14.1. The number of carbonyl (C=O) groups is 1. The van der Waals surface area contributed by atoms with Crippen molar-refractivity contribution in [2.75, 3.05) is 7.05 Å². The molecule has 4 rings (SSSR count). The lowest BCUT2D eigenvalue weighted by Gasteiger charge is -2.22. The number of hydrogen-bond acceptors (Lipinski definition) is 5. The average molecular weight is 405 g/mol. The van der Waals surface area contributed by atoms with Crippen molar-refractivity contribution in [3.8, 4) is 17.1 Å². The molecule has 0 fully saturated rings. The van der Waals surface area contributed by atoms with Gasteiger partial charge in [0.15, 0.2) is 6.10 Å². The first-order valence-corrected chi connectivity index (χ1v) is 10.4. The van der Waals surface area contributed by atoms with Crippen LogP contribution in [0.25, 0.3) is 11.4 Å². The molecule has 1 aromatic heterocycles. The maximum Gasteiger partial charge on any atom is 0.263 e. The Morgan fingerprint density at radius 2 is 1.97 bits per heavy atom. The SMILES string of the molecule is Cc1cccc(-c2noc(CN(C)C(=O)[C@@H](C)Oc3ccc4c(c3)CCCC4)n2)c1. The summed E-state index contributed by atoms with van der Waals surface area (Å²) in [5.41, 5.74) is 4.74. The van der Waals surface area contributed by atoms with Gasteiger partial charge < -0.3 is 14.2 Å². The summed E-state index contributed by atoms with van der Waals surface area (Å²) in [5, 5.41) is 4.04. The summed E-state index contributed by atoms with van der Waals surface area (Å²) >= 11 is 0. The number of carbonyl (C=O) groups excluding carboxylic acids is 1. The molecule has 6 nitrogen and oxygen atoms in total. The summed E-state index contributed by atoms with van der Waals surface area (Å²) in [5.74, 6) is 1.52. The molecule has 1 aliphatic rings. The second kappa shape index (κ2) is 8.69. The van der Waals surface area contributed by atoms with Crippen LogP contribution in [-0.2, 0) is 24.2 Å². The second-order valence-corrected chi connectivity index (χ2v) is 7.97. The van der Waals surface area contributed by atoms with E-state index in [1.165, 1.54) is 24.0 Å². The Morgan fingerprint density at radius 1 is 1.17 bits per heavy atom. The summed E-state index contributed by atoms with van der Waals surface area (Å²) in [6.45, 7) is 4.01.